The Labute approximate surface area is 118 Å². The average Bonchev–Trinajstić information content (AvgIpc) is 2.94. The van der Waals surface area contributed by atoms with Crippen molar-refractivity contribution >= 4 is 16.8 Å². The highest BCUT2D eigenvalue weighted by molar-refractivity contribution is 6.06. The van der Waals surface area contributed by atoms with Crippen LogP contribution in [0.4, 0.5) is 0 Å². The van der Waals surface area contributed by atoms with Gasteiger partial charge in [0.05, 0.1) is 0 Å². The molecule has 20 heavy (non-hydrogen) atoms. The highest BCUT2D eigenvalue weighted by atomic mass is 16.2. The van der Waals surface area contributed by atoms with E-state index in [9.17, 15) is 4.79 Å². The second kappa shape index (κ2) is 5.29. The van der Waals surface area contributed by atoms with Gasteiger partial charge in [-0.05, 0) is 44.4 Å². The summed E-state index contributed by atoms with van der Waals surface area (Å²) in [6, 6.07) is 8.23. The van der Waals surface area contributed by atoms with Crippen LogP contribution in [0.15, 0.2) is 30.5 Å². The number of H-pyrrole nitrogens is 1. The fourth-order valence-corrected chi connectivity index (χ4v) is 3.30. The van der Waals surface area contributed by atoms with Gasteiger partial charge in [-0.15, -0.1) is 0 Å². The van der Waals surface area contributed by atoms with Crippen molar-refractivity contribution < 1.29 is 4.79 Å². The number of nitrogens with zero attached hydrogens (tertiary/aromatic N) is 1. The minimum atomic E-state index is 0.109. The minimum Gasteiger partial charge on any atom is -0.361 e. The number of hydrogen-bond donors (Lipinski definition) is 2. The van der Waals surface area contributed by atoms with E-state index < -0.39 is 0 Å². The third kappa shape index (κ3) is 2.10. The Morgan fingerprint density at radius 2 is 2.25 bits per heavy atom. The van der Waals surface area contributed by atoms with Crippen LogP contribution in [0.1, 0.15) is 36.5 Å². The molecule has 2 atom stereocenters. The molecule has 2 unspecified atom stereocenters. The first-order chi connectivity index (χ1) is 9.72. The van der Waals surface area contributed by atoms with E-state index in [4.69, 9.17) is 5.73 Å². The van der Waals surface area contributed by atoms with Gasteiger partial charge < -0.3 is 15.6 Å². The van der Waals surface area contributed by atoms with Crippen molar-refractivity contribution in [3.05, 3.63) is 36.0 Å². The molecule has 0 radical (unpaired) electrons. The second-order valence-corrected chi connectivity index (χ2v) is 5.63. The maximum Gasteiger partial charge on any atom is 0.255 e. The number of aromatic nitrogens is 1. The van der Waals surface area contributed by atoms with Crippen molar-refractivity contribution in [2.45, 2.75) is 38.3 Å². The SMILES string of the molecule is CC1CCCC(CN)N1C(=O)c1cccc2[nH]ccc12. The number of likely N-dealkylation sites (tertiary alicyclic amines) is 1. The van der Waals surface area contributed by atoms with Gasteiger partial charge in [-0.25, -0.2) is 0 Å². The normalized spacial score (nSPS) is 23.2. The summed E-state index contributed by atoms with van der Waals surface area (Å²) in [4.78, 5) is 18.1. The zero-order valence-electron chi connectivity index (χ0n) is 11.8. The lowest BCUT2D eigenvalue weighted by molar-refractivity contribution is 0.0496. The van der Waals surface area contributed by atoms with Crippen LogP contribution in [-0.4, -0.2) is 34.4 Å². The lowest BCUT2D eigenvalue weighted by Crippen LogP contribution is -2.51. The van der Waals surface area contributed by atoms with E-state index in [0.29, 0.717) is 6.54 Å². The topological polar surface area (TPSA) is 62.1 Å². The molecule has 1 aromatic carbocycles. The van der Waals surface area contributed by atoms with E-state index in [2.05, 4.69) is 11.9 Å². The van der Waals surface area contributed by atoms with Gasteiger partial charge in [0.2, 0.25) is 0 Å². The van der Waals surface area contributed by atoms with Gasteiger partial charge in [0.1, 0.15) is 0 Å². The molecule has 3 N–H and O–H groups in total. The molecule has 1 aliphatic rings. The van der Waals surface area contributed by atoms with Crippen molar-refractivity contribution in [3.63, 3.8) is 0 Å². The van der Waals surface area contributed by atoms with E-state index in [1.165, 1.54) is 0 Å². The van der Waals surface area contributed by atoms with Gasteiger partial charge in [-0.3, -0.25) is 4.79 Å². The van der Waals surface area contributed by atoms with E-state index in [1.807, 2.05) is 35.4 Å². The van der Waals surface area contributed by atoms with Crippen LogP contribution in [0.25, 0.3) is 10.9 Å². The molecule has 106 valence electrons. The third-order valence-electron chi connectivity index (χ3n) is 4.36. The van der Waals surface area contributed by atoms with Crippen LogP contribution in [-0.2, 0) is 0 Å². The monoisotopic (exact) mass is 271 g/mol. The molecule has 1 saturated heterocycles. The van der Waals surface area contributed by atoms with Crippen molar-refractivity contribution in [2.24, 2.45) is 5.73 Å². The maximum absolute atomic E-state index is 12.9. The average molecular weight is 271 g/mol. The van der Waals surface area contributed by atoms with Crippen LogP contribution in [0.3, 0.4) is 0 Å². The number of piperidine rings is 1. The van der Waals surface area contributed by atoms with Crippen molar-refractivity contribution in [1.29, 1.82) is 0 Å². The van der Waals surface area contributed by atoms with Gasteiger partial charge in [0.25, 0.3) is 5.91 Å². The summed E-state index contributed by atoms with van der Waals surface area (Å²) in [5.41, 5.74) is 7.64. The Balaban J connectivity index is 2.00. The quantitative estimate of drug-likeness (QED) is 0.881. The van der Waals surface area contributed by atoms with Crippen molar-refractivity contribution in [1.82, 2.24) is 9.88 Å². The van der Waals surface area contributed by atoms with Crippen LogP contribution in [0.2, 0.25) is 0 Å². The summed E-state index contributed by atoms with van der Waals surface area (Å²) in [5, 5.41) is 0.992. The molecule has 3 rings (SSSR count). The number of nitrogens with one attached hydrogen (secondary N) is 1. The lowest BCUT2D eigenvalue weighted by Gasteiger charge is -2.40. The van der Waals surface area contributed by atoms with Crippen molar-refractivity contribution in [3.8, 4) is 0 Å². The Morgan fingerprint density at radius 3 is 3.05 bits per heavy atom. The fraction of sp³-hybridized carbons (Fsp3) is 0.438. The molecule has 1 aromatic heterocycles. The number of carbonyl (C=O) groups is 1. The largest absolute Gasteiger partial charge is 0.361 e. The lowest BCUT2D eigenvalue weighted by atomic mass is 9.95. The molecule has 1 fully saturated rings. The van der Waals surface area contributed by atoms with E-state index in [-0.39, 0.29) is 18.0 Å². The molecule has 0 aliphatic carbocycles. The number of amides is 1. The summed E-state index contributed by atoms with van der Waals surface area (Å²) in [6.07, 6.45) is 5.10. The molecule has 0 spiro atoms. The molecule has 1 aliphatic heterocycles. The first-order valence-electron chi connectivity index (χ1n) is 7.31. The predicted molar refractivity (Wildman–Crippen MR) is 80.6 cm³/mol. The smallest absolute Gasteiger partial charge is 0.255 e. The molecular formula is C16H21N3O. The number of rotatable bonds is 2. The maximum atomic E-state index is 12.9. The summed E-state index contributed by atoms with van der Waals surface area (Å²) in [7, 11) is 0. The van der Waals surface area contributed by atoms with Gasteiger partial charge in [0, 0.05) is 41.3 Å². The molecule has 2 aromatic rings. The number of carbonyl (C=O) groups excluding carboxylic acids is 1. The van der Waals surface area contributed by atoms with Crippen molar-refractivity contribution in [2.75, 3.05) is 6.54 Å². The van der Waals surface area contributed by atoms with E-state index in [0.717, 1.165) is 35.7 Å². The molecule has 4 heteroatoms. The summed E-state index contributed by atoms with van der Waals surface area (Å²) < 4.78 is 0. The number of benzene rings is 1. The molecule has 2 heterocycles. The van der Waals surface area contributed by atoms with Gasteiger partial charge in [-0.1, -0.05) is 6.07 Å². The first kappa shape index (κ1) is 13.2. The van der Waals surface area contributed by atoms with Gasteiger partial charge in [-0.2, -0.15) is 0 Å². The van der Waals surface area contributed by atoms with Crippen LogP contribution in [0.5, 0.6) is 0 Å². The third-order valence-corrected chi connectivity index (χ3v) is 4.36. The summed E-state index contributed by atoms with van der Waals surface area (Å²) >= 11 is 0. The highest BCUT2D eigenvalue weighted by Crippen LogP contribution is 2.27. The molecule has 4 nitrogen and oxygen atoms in total. The molecule has 1 amide bonds. The second-order valence-electron chi connectivity index (χ2n) is 5.63. The van der Waals surface area contributed by atoms with Crippen LogP contribution in [0, 0.1) is 0 Å². The Kier molecular flexibility index (Phi) is 3.49. The number of aromatic amines is 1. The van der Waals surface area contributed by atoms with E-state index >= 15 is 0 Å². The standard InChI is InChI=1S/C16H21N3O/c1-11-4-2-5-12(10-17)19(11)16(20)14-6-3-7-15-13(14)8-9-18-15/h3,6-9,11-12,18H,2,4-5,10,17H2,1H3. The number of fused-ring (bicyclic) bond motifs is 1. The molecular weight excluding hydrogens is 250 g/mol. The Hall–Kier alpha value is -1.81. The number of nitrogens with two attached hydrogens (primary N) is 1. The van der Waals surface area contributed by atoms with E-state index in [1.54, 1.807) is 0 Å². The zero-order valence-corrected chi connectivity index (χ0v) is 11.8. The Bertz CT molecular complexity index is 619. The predicted octanol–water partition coefficient (Wildman–Crippen LogP) is 2.51. The van der Waals surface area contributed by atoms with Crippen LogP contribution < -0.4 is 5.73 Å². The minimum absolute atomic E-state index is 0.109. The van der Waals surface area contributed by atoms with Gasteiger partial charge in [0.15, 0.2) is 0 Å². The zero-order chi connectivity index (χ0) is 14.1. The Morgan fingerprint density at radius 1 is 1.40 bits per heavy atom. The molecule has 0 saturated carbocycles. The first-order valence-corrected chi connectivity index (χ1v) is 7.31. The fourth-order valence-electron chi connectivity index (χ4n) is 3.30. The number of hydrogen-bond acceptors (Lipinski definition) is 2. The van der Waals surface area contributed by atoms with Gasteiger partial charge >= 0.3 is 0 Å². The summed E-state index contributed by atoms with van der Waals surface area (Å²) in [5.74, 6) is 0.109. The molecule has 0 bridgehead atoms. The highest BCUT2D eigenvalue weighted by Gasteiger charge is 2.32. The van der Waals surface area contributed by atoms with Crippen LogP contribution >= 0.6 is 0 Å². The summed E-state index contributed by atoms with van der Waals surface area (Å²) in [6.45, 7) is 2.66.